The standard InChI is InChI=1S/C27H32N2O8S/c1-6-37-21-10-8-20(9-11-21)29(38(31,32)22-12-14-24(34-3)26(16-22)36-5)18-27(30)28-17-19-7-13-23(33-2)25(15-19)35-4/h7-16H,6,17-18H2,1-5H3,(H,28,30). The number of ether oxygens (including phenoxy) is 5. The topological polar surface area (TPSA) is 113 Å². The molecule has 0 saturated carbocycles. The summed E-state index contributed by atoms with van der Waals surface area (Å²) in [6.07, 6.45) is 0. The smallest absolute Gasteiger partial charge is 0.264 e. The van der Waals surface area contributed by atoms with Crippen molar-refractivity contribution in [1.29, 1.82) is 0 Å². The van der Waals surface area contributed by atoms with Gasteiger partial charge in [0.05, 0.1) is 45.6 Å². The second-order valence-electron chi connectivity index (χ2n) is 7.92. The minimum absolute atomic E-state index is 0.0586. The summed E-state index contributed by atoms with van der Waals surface area (Å²) in [5.74, 6) is 1.79. The molecule has 0 aliphatic heterocycles. The van der Waals surface area contributed by atoms with Crippen LogP contribution in [-0.4, -0.2) is 55.9 Å². The number of anilines is 1. The van der Waals surface area contributed by atoms with Crippen LogP contribution in [0.1, 0.15) is 12.5 Å². The number of hydrogen-bond donors (Lipinski definition) is 1. The number of hydrogen-bond acceptors (Lipinski definition) is 8. The molecule has 10 nitrogen and oxygen atoms in total. The van der Waals surface area contributed by atoms with E-state index in [1.165, 1.54) is 46.6 Å². The van der Waals surface area contributed by atoms with Crippen molar-refractivity contribution in [3.8, 4) is 28.7 Å². The lowest BCUT2D eigenvalue weighted by Gasteiger charge is -2.25. The Kier molecular flexibility index (Phi) is 9.66. The number of methoxy groups -OCH3 is 4. The first-order valence-electron chi connectivity index (χ1n) is 11.7. The Labute approximate surface area is 223 Å². The van der Waals surface area contributed by atoms with Gasteiger partial charge in [0.15, 0.2) is 23.0 Å². The van der Waals surface area contributed by atoms with E-state index in [1.54, 1.807) is 42.5 Å². The molecule has 0 aliphatic carbocycles. The summed E-state index contributed by atoms with van der Waals surface area (Å²) < 4.78 is 55.1. The van der Waals surface area contributed by atoms with Crippen LogP contribution in [-0.2, 0) is 21.4 Å². The lowest BCUT2D eigenvalue weighted by Crippen LogP contribution is -2.40. The Hall–Kier alpha value is -4.12. The van der Waals surface area contributed by atoms with Crippen LogP contribution in [0.4, 0.5) is 5.69 Å². The summed E-state index contributed by atoms with van der Waals surface area (Å²) in [5.41, 5.74) is 1.05. The molecule has 3 aromatic carbocycles. The highest BCUT2D eigenvalue weighted by atomic mass is 32.2. The van der Waals surface area contributed by atoms with Crippen molar-refractivity contribution in [2.45, 2.75) is 18.4 Å². The second kappa shape index (κ2) is 12.9. The molecule has 0 unspecified atom stereocenters. The van der Waals surface area contributed by atoms with Gasteiger partial charge in [0.2, 0.25) is 5.91 Å². The average Bonchev–Trinajstić information content (AvgIpc) is 2.94. The highest BCUT2D eigenvalue weighted by Gasteiger charge is 2.28. The first-order valence-corrected chi connectivity index (χ1v) is 13.2. The van der Waals surface area contributed by atoms with Crippen molar-refractivity contribution < 1.29 is 36.9 Å². The molecule has 0 radical (unpaired) electrons. The Bertz CT molecular complexity index is 1340. The van der Waals surface area contributed by atoms with Crippen LogP contribution in [0, 0.1) is 0 Å². The van der Waals surface area contributed by atoms with Gasteiger partial charge < -0.3 is 29.0 Å². The third kappa shape index (κ3) is 6.60. The number of nitrogens with zero attached hydrogens (tertiary/aromatic N) is 1. The summed E-state index contributed by atoms with van der Waals surface area (Å²) >= 11 is 0. The minimum atomic E-state index is -4.17. The molecule has 0 fully saturated rings. The molecule has 0 bridgehead atoms. The van der Waals surface area contributed by atoms with Crippen LogP contribution in [0.2, 0.25) is 0 Å². The monoisotopic (exact) mass is 544 g/mol. The molecule has 0 atom stereocenters. The van der Waals surface area contributed by atoms with E-state index in [9.17, 15) is 13.2 Å². The number of benzene rings is 3. The first-order chi connectivity index (χ1) is 18.3. The van der Waals surface area contributed by atoms with Crippen LogP contribution >= 0.6 is 0 Å². The predicted molar refractivity (Wildman–Crippen MR) is 143 cm³/mol. The normalized spacial score (nSPS) is 10.9. The van der Waals surface area contributed by atoms with Crippen LogP contribution in [0.3, 0.4) is 0 Å². The van der Waals surface area contributed by atoms with Gasteiger partial charge in [-0.05, 0) is 61.0 Å². The molecule has 3 aromatic rings. The largest absolute Gasteiger partial charge is 0.494 e. The number of sulfonamides is 1. The molecular formula is C27H32N2O8S. The van der Waals surface area contributed by atoms with Gasteiger partial charge in [-0.3, -0.25) is 9.10 Å². The summed E-state index contributed by atoms with van der Waals surface area (Å²) in [7, 11) is 1.76. The van der Waals surface area contributed by atoms with Gasteiger partial charge >= 0.3 is 0 Å². The van der Waals surface area contributed by atoms with E-state index in [1.807, 2.05) is 6.92 Å². The molecule has 204 valence electrons. The van der Waals surface area contributed by atoms with Crippen LogP contribution in [0.25, 0.3) is 0 Å². The zero-order valence-corrected chi connectivity index (χ0v) is 22.8. The summed E-state index contributed by atoms with van der Waals surface area (Å²) in [6, 6.07) is 16.0. The Morgan fingerprint density at radius 2 is 1.37 bits per heavy atom. The molecule has 3 rings (SSSR count). The number of nitrogens with one attached hydrogen (secondary N) is 1. The Balaban J connectivity index is 1.89. The number of rotatable bonds is 13. The van der Waals surface area contributed by atoms with E-state index in [0.717, 1.165) is 9.87 Å². The number of carbonyl (C=O) groups excluding carboxylic acids is 1. The third-order valence-electron chi connectivity index (χ3n) is 5.60. The summed E-state index contributed by atoms with van der Waals surface area (Å²) in [6.45, 7) is 2.01. The van der Waals surface area contributed by atoms with Crippen molar-refractivity contribution in [2.24, 2.45) is 0 Å². The Morgan fingerprint density at radius 1 is 0.789 bits per heavy atom. The van der Waals surface area contributed by atoms with E-state index in [4.69, 9.17) is 23.7 Å². The van der Waals surface area contributed by atoms with Crippen molar-refractivity contribution >= 4 is 21.6 Å². The number of amides is 1. The first kappa shape index (κ1) is 28.5. The van der Waals surface area contributed by atoms with Crippen molar-refractivity contribution in [1.82, 2.24) is 5.32 Å². The maximum absolute atomic E-state index is 13.8. The molecule has 1 N–H and O–H groups in total. The van der Waals surface area contributed by atoms with E-state index in [2.05, 4.69) is 5.32 Å². The van der Waals surface area contributed by atoms with Crippen LogP contribution < -0.4 is 33.3 Å². The van der Waals surface area contributed by atoms with Crippen molar-refractivity contribution in [2.75, 3.05) is 45.9 Å². The molecule has 38 heavy (non-hydrogen) atoms. The van der Waals surface area contributed by atoms with E-state index in [-0.39, 0.29) is 17.2 Å². The quantitative estimate of drug-likeness (QED) is 0.347. The molecule has 0 aliphatic rings. The predicted octanol–water partition coefficient (Wildman–Crippen LogP) is 3.63. The molecule has 1 amide bonds. The minimum Gasteiger partial charge on any atom is -0.494 e. The molecule has 11 heteroatoms. The Morgan fingerprint density at radius 3 is 1.95 bits per heavy atom. The highest BCUT2D eigenvalue weighted by Crippen LogP contribution is 2.33. The van der Waals surface area contributed by atoms with E-state index < -0.39 is 22.5 Å². The van der Waals surface area contributed by atoms with E-state index in [0.29, 0.717) is 35.3 Å². The van der Waals surface area contributed by atoms with E-state index >= 15 is 0 Å². The molecule has 0 saturated heterocycles. The van der Waals surface area contributed by atoms with Crippen molar-refractivity contribution in [3.05, 3.63) is 66.2 Å². The number of carbonyl (C=O) groups is 1. The molecule has 0 aromatic heterocycles. The fourth-order valence-corrected chi connectivity index (χ4v) is 5.11. The van der Waals surface area contributed by atoms with Crippen LogP contribution in [0.5, 0.6) is 28.7 Å². The fourth-order valence-electron chi connectivity index (χ4n) is 3.67. The molecular weight excluding hydrogens is 512 g/mol. The van der Waals surface area contributed by atoms with Gasteiger partial charge in [-0.2, -0.15) is 0 Å². The second-order valence-corrected chi connectivity index (χ2v) is 9.78. The van der Waals surface area contributed by atoms with Gasteiger partial charge in [0.25, 0.3) is 10.0 Å². The zero-order chi connectivity index (χ0) is 27.7. The highest BCUT2D eigenvalue weighted by molar-refractivity contribution is 7.92. The summed E-state index contributed by atoms with van der Waals surface area (Å²) in [4.78, 5) is 12.9. The molecule has 0 spiro atoms. The maximum Gasteiger partial charge on any atom is 0.264 e. The average molecular weight is 545 g/mol. The van der Waals surface area contributed by atoms with Gasteiger partial charge in [0.1, 0.15) is 12.3 Å². The van der Waals surface area contributed by atoms with Gasteiger partial charge in [-0.15, -0.1) is 0 Å². The van der Waals surface area contributed by atoms with Crippen LogP contribution in [0.15, 0.2) is 65.6 Å². The van der Waals surface area contributed by atoms with Gasteiger partial charge in [-0.1, -0.05) is 6.07 Å². The van der Waals surface area contributed by atoms with Gasteiger partial charge in [0, 0.05) is 12.6 Å². The van der Waals surface area contributed by atoms with Gasteiger partial charge in [-0.25, -0.2) is 8.42 Å². The lowest BCUT2D eigenvalue weighted by atomic mass is 10.2. The summed E-state index contributed by atoms with van der Waals surface area (Å²) in [5, 5.41) is 2.77. The lowest BCUT2D eigenvalue weighted by molar-refractivity contribution is -0.119. The molecule has 0 heterocycles. The SMILES string of the molecule is CCOc1ccc(N(CC(=O)NCc2ccc(OC)c(OC)c2)S(=O)(=O)c2ccc(OC)c(OC)c2)cc1. The third-order valence-corrected chi connectivity index (χ3v) is 7.37. The zero-order valence-electron chi connectivity index (χ0n) is 22.0. The maximum atomic E-state index is 13.8. The fraction of sp³-hybridized carbons (Fsp3) is 0.296. The van der Waals surface area contributed by atoms with Crippen molar-refractivity contribution in [3.63, 3.8) is 0 Å².